The van der Waals surface area contributed by atoms with Crippen molar-refractivity contribution in [2.24, 2.45) is 0 Å². The van der Waals surface area contributed by atoms with Crippen molar-refractivity contribution < 1.29 is 18.1 Å². The summed E-state index contributed by atoms with van der Waals surface area (Å²) in [5, 5.41) is 13.3. The van der Waals surface area contributed by atoms with Gasteiger partial charge in [0.2, 0.25) is 11.1 Å². The second-order valence-electron chi connectivity index (χ2n) is 4.03. The van der Waals surface area contributed by atoms with Crippen molar-refractivity contribution in [3.05, 3.63) is 21.1 Å². The number of anilines is 1. The van der Waals surface area contributed by atoms with E-state index in [4.69, 9.17) is 11.6 Å². The van der Waals surface area contributed by atoms with Crippen molar-refractivity contribution in [1.82, 2.24) is 9.97 Å². The minimum absolute atomic E-state index is 0.0674. The first kappa shape index (κ1) is 16.4. The zero-order valence-electron chi connectivity index (χ0n) is 10.5. The highest BCUT2D eigenvalue weighted by molar-refractivity contribution is 6.28. The van der Waals surface area contributed by atoms with Crippen molar-refractivity contribution in [3.63, 3.8) is 0 Å². The molecule has 1 heterocycles. The van der Waals surface area contributed by atoms with E-state index < -0.39 is 17.5 Å². The van der Waals surface area contributed by atoms with E-state index >= 15 is 0 Å². The highest BCUT2D eigenvalue weighted by Crippen LogP contribution is 2.27. The smallest absolute Gasteiger partial charge is 0.364 e. The van der Waals surface area contributed by atoms with Crippen LogP contribution < -0.4 is 5.32 Å². The van der Waals surface area contributed by atoms with E-state index in [-0.39, 0.29) is 41.9 Å². The fourth-order valence-electron chi connectivity index (χ4n) is 1.53. The molecule has 112 valence electrons. The Kier molecular flexibility index (Phi) is 5.49. The van der Waals surface area contributed by atoms with Crippen LogP contribution in [0.25, 0.3) is 0 Å². The van der Waals surface area contributed by atoms with Gasteiger partial charge in [-0.3, -0.25) is 10.1 Å². The number of hydrogen-bond acceptors (Lipinski definition) is 5. The molecule has 0 amide bonds. The summed E-state index contributed by atoms with van der Waals surface area (Å²) in [6.07, 6.45) is -4.94. The van der Waals surface area contributed by atoms with Gasteiger partial charge < -0.3 is 5.32 Å². The van der Waals surface area contributed by atoms with Gasteiger partial charge >= 0.3 is 11.9 Å². The lowest BCUT2D eigenvalue weighted by atomic mass is 10.2. The molecule has 0 saturated carbocycles. The summed E-state index contributed by atoms with van der Waals surface area (Å²) < 4.78 is 35.8. The molecule has 0 fully saturated rings. The van der Waals surface area contributed by atoms with Gasteiger partial charge in [0.15, 0.2) is 0 Å². The molecule has 0 aliphatic rings. The Bertz CT molecular complexity index is 496. The summed E-state index contributed by atoms with van der Waals surface area (Å²) in [5.41, 5.74) is -0.238. The summed E-state index contributed by atoms with van der Waals surface area (Å²) in [6, 6.07) is 0. The number of hydrogen-bond donors (Lipinski definition) is 1. The van der Waals surface area contributed by atoms with Crippen LogP contribution in [0.15, 0.2) is 0 Å². The van der Waals surface area contributed by atoms with Gasteiger partial charge in [0.05, 0.1) is 4.92 Å². The number of nitrogens with zero attached hydrogens (tertiary/aromatic N) is 3. The Balaban J connectivity index is 2.62. The van der Waals surface area contributed by atoms with Gasteiger partial charge in [0.1, 0.15) is 5.69 Å². The third-order valence-electron chi connectivity index (χ3n) is 2.39. The Labute approximate surface area is 117 Å². The molecule has 0 bridgehead atoms. The summed E-state index contributed by atoms with van der Waals surface area (Å²) in [6.45, 7) is 1.53. The lowest BCUT2D eigenvalue weighted by Crippen LogP contribution is -2.11. The molecule has 0 saturated heterocycles. The maximum absolute atomic E-state index is 11.9. The van der Waals surface area contributed by atoms with Crippen molar-refractivity contribution in [3.8, 4) is 0 Å². The predicted octanol–water partition coefficient (Wildman–Crippen LogP) is 3.49. The van der Waals surface area contributed by atoms with E-state index in [1.54, 1.807) is 0 Å². The molecule has 1 rings (SSSR count). The first-order valence-electron chi connectivity index (χ1n) is 5.70. The van der Waals surface area contributed by atoms with E-state index in [0.29, 0.717) is 0 Å². The third-order valence-corrected chi connectivity index (χ3v) is 2.56. The number of aryl methyl sites for hydroxylation is 1. The maximum Gasteiger partial charge on any atom is 0.389 e. The first-order valence-corrected chi connectivity index (χ1v) is 6.07. The van der Waals surface area contributed by atoms with Crippen LogP contribution in [-0.2, 0) is 0 Å². The van der Waals surface area contributed by atoms with E-state index in [0.717, 1.165) is 0 Å². The summed E-state index contributed by atoms with van der Waals surface area (Å²) in [4.78, 5) is 17.5. The monoisotopic (exact) mass is 312 g/mol. The van der Waals surface area contributed by atoms with Gasteiger partial charge in [-0.05, 0) is 31.4 Å². The second-order valence-corrected chi connectivity index (χ2v) is 4.37. The van der Waals surface area contributed by atoms with E-state index in [1.807, 2.05) is 0 Å². The largest absolute Gasteiger partial charge is 0.389 e. The highest BCUT2D eigenvalue weighted by Gasteiger charge is 2.26. The van der Waals surface area contributed by atoms with Crippen LogP contribution >= 0.6 is 11.6 Å². The SMILES string of the molecule is Cc1nc(Cl)nc(NCCCCC(F)(F)F)c1[N+](=O)[O-]. The molecule has 1 aromatic rings. The summed E-state index contributed by atoms with van der Waals surface area (Å²) in [5.74, 6) is -0.0838. The molecule has 10 heteroatoms. The summed E-state index contributed by atoms with van der Waals surface area (Å²) >= 11 is 5.59. The first-order chi connectivity index (χ1) is 9.20. The van der Waals surface area contributed by atoms with Gasteiger partial charge in [-0.2, -0.15) is 18.2 Å². The van der Waals surface area contributed by atoms with Crippen LogP contribution in [0.3, 0.4) is 0 Å². The zero-order chi connectivity index (χ0) is 15.3. The average Bonchev–Trinajstić information content (AvgIpc) is 2.25. The lowest BCUT2D eigenvalue weighted by Gasteiger charge is -2.08. The summed E-state index contributed by atoms with van der Waals surface area (Å²) in [7, 11) is 0. The predicted molar refractivity (Wildman–Crippen MR) is 66.8 cm³/mol. The minimum Gasteiger partial charge on any atom is -0.364 e. The van der Waals surface area contributed by atoms with Gasteiger partial charge in [-0.15, -0.1) is 0 Å². The zero-order valence-corrected chi connectivity index (χ0v) is 11.3. The Morgan fingerprint density at radius 1 is 1.35 bits per heavy atom. The van der Waals surface area contributed by atoms with Crippen molar-refractivity contribution in [1.29, 1.82) is 0 Å². The van der Waals surface area contributed by atoms with Crippen LogP contribution in [-0.4, -0.2) is 27.6 Å². The second kappa shape index (κ2) is 6.69. The van der Waals surface area contributed by atoms with Crippen molar-refractivity contribution in [2.75, 3.05) is 11.9 Å². The minimum atomic E-state index is -4.19. The number of rotatable bonds is 6. The Morgan fingerprint density at radius 3 is 2.55 bits per heavy atom. The number of nitrogens with one attached hydrogen (secondary N) is 1. The number of halogens is 4. The molecule has 0 aromatic carbocycles. The lowest BCUT2D eigenvalue weighted by molar-refractivity contribution is -0.385. The third kappa shape index (κ3) is 5.16. The Hall–Kier alpha value is -1.64. The average molecular weight is 313 g/mol. The molecule has 0 aliphatic carbocycles. The molecule has 6 nitrogen and oxygen atoms in total. The van der Waals surface area contributed by atoms with E-state index in [2.05, 4.69) is 15.3 Å². The highest BCUT2D eigenvalue weighted by atomic mass is 35.5. The molecule has 1 N–H and O–H groups in total. The molecule has 20 heavy (non-hydrogen) atoms. The molecule has 0 radical (unpaired) electrons. The number of aromatic nitrogens is 2. The molecular weight excluding hydrogens is 301 g/mol. The topological polar surface area (TPSA) is 81.0 Å². The van der Waals surface area contributed by atoms with Crippen molar-refractivity contribution in [2.45, 2.75) is 32.4 Å². The van der Waals surface area contributed by atoms with Gasteiger partial charge in [-0.25, -0.2) is 4.98 Å². The number of alkyl halides is 3. The van der Waals surface area contributed by atoms with Gasteiger partial charge in [0.25, 0.3) is 0 Å². The maximum atomic E-state index is 11.9. The Morgan fingerprint density at radius 2 is 2.00 bits per heavy atom. The van der Waals surface area contributed by atoms with Crippen LogP contribution in [0.5, 0.6) is 0 Å². The standard InChI is InChI=1S/C10H12ClF3N4O2/c1-6-7(18(19)20)8(17-9(11)16-6)15-5-3-2-4-10(12,13)14/h2-5H2,1H3,(H,15,16,17). The van der Waals surface area contributed by atoms with Crippen LogP contribution in [0.4, 0.5) is 24.7 Å². The van der Waals surface area contributed by atoms with Crippen LogP contribution in [0.1, 0.15) is 25.0 Å². The number of unbranched alkanes of at least 4 members (excludes halogenated alkanes) is 1. The number of nitro groups is 1. The normalized spacial score (nSPS) is 11.4. The fourth-order valence-corrected chi connectivity index (χ4v) is 1.74. The molecular formula is C10H12ClF3N4O2. The fraction of sp³-hybridized carbons (Fsp3) is 0.600. The van der Waals surface area contributed by atoms with Gasteiger partial charge in [0, 0.05) is 13.0 Å². The van der Waals surface area contributed by atoms with E-state index in [9.17, 15) is 23.3 Å². The molecule has 1 aromatic heterocycles. The van der Waals surface area contributed by atoms with Crippen molar-refractivity contribution >= 4 is 23.1 Å². The van der Waals surface area contributed by atoms with E-state index in [1.165, 1.54) is 6.92 Å². The molecule has 0 aliphatic heterocycles. The molecule has 0 atom stereocenters. The van der Waals surface area contributed by atoms with Crippen LogP contribution in [0, 0.1) is 17.0 Å². The molecule has 0 unspecified atom stereocenters. The van der Waals surface area contributed by atoms with Gasteiger partial charge in [-0.1, -0.05) is 0 Å². The van der Waals surface area contributed by atoms with Crippen LogP contribution in [0.2, 0.25) is 5.28 Å². The quantitative estimate of drug-likeness (QED) is 0.376. The molecule has 0 spiro atoms.